The normalized spacial score (nSPS) is 15.3. The van der Waals surface area contributed by atoms with Crippen molar-refractivity contribution >= 4 is 11.0 Å². The second kappa shape index (κ2) is 10.5. The average molecular weight is 596 g/mol. The van der Waals surface area contributed by atoms with Crippen LogP contribution in [0.5, 0.6) is 11.8 Å². The van der Waals surface area contributed by atoms with E-state index >= 15 is 0 Å². The number of halogens is 5. The molecule has 7 rings (SSSR count). The Labute approximate surface area is 240 Å². The van der Waals surface area contributed by atoms with Crippen molar-refractivity contribution in [1.29, 1.82) is 0 Å². The first kappa shape index (κ1) is 27.1. The number of alkyl halides is 5. The molecule has 2 aliphatic carbocycles. The molecule has 2 saturated carbocycles. The summed E-state index contributed by atoms with van der Waals surface area (Å²) < 4.78 is 78.9. The van der Waals surface area contributed by atoms with Gasteiger partial charge in [0.1, 0.15) is 24.3 Å². The summed E-state index contributed by atoms with van der Waals surface area (Å²) in [4.78, 5) is 25.5. The molecular weight excluding hydrogens is 573 g/mol. The van der Waals surface area contributed by atoms with E-state index in [-0.39, 0.29) is 53.2 Å². The second-order valence-electron chi connectivity index (χ2n) is 10.4. The van der Waals surface area contributed by atoms with Crippen LogP contribution in [-0.2, 0) is 12.8 Å². The summed E-state index contributed by atoms with van der Waals surface area (Å²) in [5.74, 6) is 0.179. The number of imidazole rings is 1. The molecule has 5 aromatic rings. The maximum atomic E-state index is 13.3. The van der Waals surface area contributed by atoms with Crippen molar-refractivity contribution in [2.24, 2.45) is 0 Å². The number of hydrogen-bond donors (Lipinski definition) is 0. The summed E-state index contributed by atoms with van der Waals surface area (Å²) in [5, 5.41) is 0.496. The van der Waals surface area contributed by atoms with Gasteiger partial charge in [-0.15, -0.1) is 0 Å². The van der Waals surface area contributed by atoms with E-state index in [1.807, 2.05) is 0 Å². The van der Waals surface area contributed by atoms with Crippen molar-refractivity contribution in [3.05, 3.63) is 72.1 Å². The van der Waals surface area contributed by atoms with Gasteiger partial charge in [0, 0.05) is 29.9 Å². The van der Waals surface area contributed by atoms with Gasteiger partial charge in [0.05, 0.1) is 11.1 Å². The molecule has 0 saturated heterocycles. The minimum absolute atomic E-state index is 0.0116. The topological polar surface area (TPSA) is 101 Å². The Morgan fingerprint density at radius 2 is 1.70 bits per heavy atom. The molecule has 220 valence electrons. The molecule has 2 fully saturated rings. The Morgan fingerprint density at radius 1 is 0.907 bits per heavy atom. The first-order valence-corrected chi connectivity index (χ1v) is 13.6. The fourth-order valence-corrected chi connectivity index (χ4v) is 4.87. The van der Waals surface area contributed by atoms with Gasteiger partial charge in [0.2, 0.25) is 11.8 Å². The molecule has 2 aliphatic rings. The zero-order valence-corrected chi connectivity index (χ0v) is 22.3. The molecule has 0 unspecified atom stereocenters. The van der Waals surface area contributed by atoms with Gasteiger partial charge in [-0.25, -0.2) is 24.9 Å². The van der Waals surface area contributed by atoms with E-state index in [0.717, 1.165) is 31.9 Å². The number of benzene rings is 1. The monoisotopic (exact) mass is 595 g/mol. The van der Waals surface area contributed by atoms with Crippen molar-refractivity contribution in [2.75, 3.05) is 0 Å². The molecule has 0 radical (unpaired) electrons. The number of nitrogens with zero attached hydrogens (tertiary/aromatic N) is 7. The number of pyridine rings is 1. The molecule has 0 bridgehead atoms. The predicted molar refractivity (Wildman–Crippen MR) is 142 cm³/mol. The number of hydrogen-bond acceptors (Lipinski definition) is 8. The van der Waals surface area contributed by atoms with Crippen LogP contribution in [0.1, 0.15) is 54.6 Å². The first-order valence-electron chi connectivity index (χ1n) is 13.6. The molecule has 4 aromatic heterocycles. The Morgan fingerprint density at radius 3 is 2.40 bits per heavy atom. The summed E-state index contributed by atoms with van der Waals surface area (Å²) in [6.07, 6.45) is 2.54. The minimum Gasteiger partial charge on any atom is -0.472 e. The van der Waals surface area contributed by atoms with Crippen molar-refractivity contribution < 1.29 is 31.4 Å². The highest BCUT2D eigenvalue weighted by Gasteiger charge is 2.37. The lowest BCUT2D eigenvalue weighted by atomic mass is 10.1. The van der Waals surface area contributed by atoms with Crippen LogP contribution in [0, 0.1) is 0 Å². The lowest BCUT2D eigenvalue weighted by molar-refractivity contribution is -0.140. The standard InChI is InChI=1S/C29H22F5N7O2/c30-28(31)43-27-21(22(16-7-8-16)36-14-37-27)24-39-23-19(2-1-11-35-23)26(40-24)42-13-15-3-5-17(6-4-15)25-38-20(29(32,33)34)12-41(25)18-9-10-18/h1-6,11-12,14,16,18,28H,7-10,13H2. The van der Waals surface area contributed by atoms with E-state index in [0.29, 0.717) is 22.2 Å². The molecule has 0 amide bonds. The molecule has 43 heavy (non-hydrogen) atoms. The quantitative estimate of drug-likeness (QED) is 0.172. The largest absolute Gasteiger partial charge is 0.472 e. The Hall–Kier alpha value is -4.75. The van der Waals surface area contributed by atoms with Gasteiger partial charge in [0.15, 0.2) is 17.2 Å². The molecule has 0 aliphatic heterocycles. The van der Waals surface area contributed by atoms with Crippen LogP contribution in [0.2, 0.25) is 0 Å². The van der Waals surface area contributed by atoms with Crippen molar-refractivity contribution in [3.63, 3.8) is 0 Å². The number of ether oxygens (including phenoxy) is 2. The predicted octanol–water partition coefficient (Wildman–Crippen LogP) is 6.76. The van der Waals surface area contributed by atoms with Gasteiger partial charge in [-0.2, -0.15) is 26.9 Å². The van der Waals surface area contributed by atoms with E-state index in [4.69, 9.17) is 9.47 Å². The fourth-order valence-electron chi connectivity index (χ4n) is 4.87. The van der Waals surface area contributed by atoms with Crippen LogP contribution < -0.4 is 9.47 Å². The maximum Gasteiger partial charge on any atom is 0.434 e. The molecule has 0 N–H and O–H groups in total. The van der Waals surface area contributed by atoms with Gasteiger partial charge in [0.25, 0.3) is 0 Å². The molecular formula is C29H22F5N7O2. The van der Waals surface area contributed by atoms with Crippen LogP contribution in [0.3, 0.4) is 0 Å². The van der Waals surface area contributed by atoms with Gasteiger partial charge < -0.3 is 14.0 Å². The fraction of sp³-hybridized carbons (Fsp3) is 0.310. The lowest BCUT2D eigenvalue weighted by Crippen LogP contribution is -2.09. The van der Waals surface area contributed by atoms with Crippen LogP contribution >= 0.6 is 0 Å². The molecule has 0 spiro atoms. The molecule has 14 heteroatoms. The molecule has 1 aromatic carbocycles. The van der Waals surface area contributed by atoms with Crippen LogP contribution in [-0.4, -0.2) is 41.1 Å². The highest BCUT2D eigenvalue weighted by atomic mass is 19.4. The van der Waals surface area contributed by atoms with Crippen LogP contribution in [0.25, 0.3) is 33.8 Å². The highest BCUT2D eigenvalue weighted by Crippen LogP contribution is 2.46. The van der Waals surface area contributed by atoms with Gasteiger partial charge >= 0.3 is 12.8 Å². The number of fused-ring (bicyclic) bond motifs is 1. The van der Waals surface area contributed by atoms with Crippen molar-refractivity contribution in [1.82, 2.24) is 34.5 Å². The van der Waals surface area contributed by atoms with Crippen molar-refractivity contribution in [2.45, 2.75) is 57.0 Å². The molecule has 9 nitrogen and oxygen atoms in total. The second-order valence-corrected chi connectivity index (χ2v) is 10.4. The summed E-state index contributed by atoms with van der Waals surface area (Å²) in [6.45, 7) is -3.06. The smallest absolute Gasteiger partial charge is 0.434 e. The van der Waals surface area contributed by atoms with Crippen LogP contribution in [0.4, 0.5) is 22.0 Å². The summed E-state index contributed by atoms with van der Waals surface area (Å²) >= 11 is 0. The summed E-state index contributed by atoms with van der Waals surface area (Å²) in [6, 6.07) is 10.3. The lowest BCUT2D eigenvalue weighted by Gasteiger charge is -2.14. The third-order valence-electron chi connectivity index (χ3n) is 7.22. The number of aromatic nitrogens is 7. The Balaban J connectivity index is 1.19. The van der Waals surface area contributed by atoms with Crippen molar-refractivity contribution in [3.8, 4) is 34.5 Å². The zero-order valence-electron chi connectivity index (χ0n) is 22.3. The van der Waals surface area contributed by atoms with E-state index in [9.17, 15) is 22.0 Å². The third-order valence-corrected chi connectivity index (χ3v) is 7.22. The van der Waals surface area contributed by atoms with E-state index in [1.54, 1.807) is 41.0 Å². The Kier molecular flexibility index (Phi) is 6.62. The average Bonchev–Trinajstić information content (AvgIpc) is 3.93. The summed E-state index contributed by atoms with van der Waals surface area (Å²) in [7, 11) is 0. The number of rotatable bonds is 9. The van der Waals surface area contributed by atoms with Gasteiger partial charge in [-0.05, 0) is 43.4 Å². The van der Waals surface area contributed by atoms with E-state index < -0.39 is 18.5 Å². The minimum atomic E-state index is -4.53. The molecule has 0 atom stereocenters. The molecule has 4 heterocycles. The third kappa shape index (κ3) is 5.56. The van der Waals surface area contributed by atoms with E-state index in [1.165, 1.54) is 12.5 Å². The maximum absolute atomic E-state index is 13.3. The summed E-state index contributed by atoms with van der Waals surface area (Å²) in [5.41, 5.74) is 1.30. The Bertz CT molecular complexity index is 1800. The van der Waals surface area contributed by atoms with Gasteiger partial charge in [-0.3, -0.25) is 0 Å². The zero-order chi connectivity index (χ0) is 29.7. The SMILES string of the molecule is FC(F)Oc1ncnc(C2CC2)c1-c1nc(OCc2ccc(-c3nc(C(F)(F)F)cn3C3CC3)cc2)c2cccnc2n1. The first-order chi connectivity index (χ1) is 20.7. The highest BCUT2D eigenvalue weighted by molar-refractivity contribution is 5.83. The van der Waals surface area contributed by atoms with Crippen LogP contribution in [0.15, 0.2) is 55.1 Å². The van der Waals surface area contributed by atoms with E-state index in [2.05, 4.69) is 29.9 Å². The van der Waals surface area contributed by atoms with Gasteiger partial charge in [-0.1, -0.05) is 24.3 Å².